The molecule has 19 heavy (non-hydrogen) atoms. The zero-order valence-corrected chi connectivity index (χ0v) is 13.0. The molecule has 0 radical (unpaired) electrons. The van der Waals surface area contributed by atoms with Crippen molar-refractivity contribution >= 4 is 10.0 Å². The van der Waals surface area contributed by atoms with Crippen molar-refractivity contribution in [1.29, 1.82) is 0 Å². The van der Waals surface area contributed by atoms with Crippen LogP contribution in [0.15, 0.2) is 0 Å². The van der Waals surface area contributed by atoms with Crippen molar-refractivity contribution in [2.45, 2.75) is 32.7 Å². The second-order valence-corrected chi connectivity index (χ2v) is 8.09. The summed E-state index contributed by atoms with van der Waals surface area (Å²) in [6, 6.07) is 0.604. The quantitative estimate of drug-likeness (QED) is 0.814. The first kappa shape index (κ1) is 15.2. The van der Waals surface area contributed by atoms with Crippen LogP contribution in [0.1, 0.15) is 26.7 Å². The minimum Gasteiger partial charge on any atom is -0.314 e. The normalized spacial score (nSPS) is 27.5. The minimum atomic E-state index is -3.03. The summed E-state index contributed by atoms with van der Waals surface area (Å²) in [6.07, 6.45) is 2.25. The topological polar surface area (TPSA) is 52.6 Å². The van der Waals surface area contributed by atoms with Crippen LogP contribution in [0.2, 0.25) is 0 Å². The second kappa shape index (κ2) is 6.52. The van der Waals surface area contributed by atoms with Crippen LogP contribution >= 0.6 is 0 Å². The van der Waals surface area contributed by atoms with Crippen LogP contribution in [0.25, 0.3) is 0 Å². The first-order chi connectivity index (χ1) is 8.99. The number of likely N-dealkylation sites (tertiary alicyclic amines) is 1. The number of hydrogen-bond acceptors (Lipinski definition) is 4. The van der Waals surface area contributed by atoms with Crippen LogP contribution in [-0.2, 0) is 10.0 Å². The van der Waals surface area contributed by atoms with Crippen LogP contribution in [0, 0.1) is 5.92 Å². The van der Waals surface area contributed by atoms with E-state index in [9.17, 15) is 8.42 Å². The van der Waals surface area contributed by atoms with E-state index in [-0.39, 0.29) is 5.75 Å². The van der Waals surface area contributed by atoms with Crippen LogP contribution < -0.4 is 5.32 Å². The van der Waals surface area contributed by atoms with Gasteiger partial charge in [-0.05, 0) is 45.7 Å². The van der Waals surface area contributed by atoms with Gasteiger partial charge in [-0.25, -0.2) is 12.7 Å². The van der Waals surface area contributed by atoms with E-state index in [1.807, 2.05) is 0 Å². The molecule has 0 aliphatic carbocycles. The number of sulfonamides is 1. The molecule has 2 heterocycles. The molecule has 2 fully saturated rings. The van der Waals surface area contributed by atoms with E-state index in [0.29, 0.717) is 25.0 Å². The van der Waals surface area contributed by atoms with Crippen LogP contribution in [0.5, 0.6) is 0 Å². The van der Waals surface area contributed by atoms with Gasteiger partial charge in [-0.1, -0.05) is 0 Å². The Kier molecular flexibility index (Phi) is 5.22. The van der Waals surface area contributed by atoms with Crippen molar-refractivity contribution in [3.05, 3.63) is 0 Å². The van der Waals surface area contributed by atoms with Crippen LogP contribution in [-0.4, -0.2) is 68.7 Å². The molecule has 0 atom stereocenters. The molecule has 0 saturated carbocycles. The SMILES string of the molecule is CC(C)N1CCC(CN2CCNCCS2(=O)=O)CC1. The number of rotatable bonds is 3. The Morgan fingerprint density at radius 2 is 1.84 bits per heavy atom. The molecule has 5 nitrogen and oxygen atoms in total. The van der Waals surface area contributed by atoms with Gasteiger partial charge in [-0.3, -0.25) is 0 Å². The van der Waals surface area contributed by atoms with Gasteiger partial charge in [0.1, 0.15) is 0 Å². The minimum absolute atomic E-state index is 0.248. The molecule has 0 aromatic carbocycles. The zero-order valence-electron chi connectivity index (χ0n) is 12.1. The Morgan fingerprint density at radius 3 is 2.47 bits per heavy atom. The lowest BCUT2D eigenvalue weighted by atomic mass is 9.96. The lowest BCUT2D eigenvalue weighted by molar-refractivity contribution is 0.139. The smallest absolute Gasteiger partial charge is 0.215 e. The summed E-state index contributed by atoms with van der Waals surface area (Å²) in [7, 11) is -3.03. The largest absolute Gasteiger partial charge is 0.314 e. The predicted molar refractivity (Wildman–Crippen MR) is 77.7 cm³/mol. The van der Waals surface area contributed by atoms with Crippen LogP contribution in [0.4, 0.5) is 0 Å². The molecule has 0 amide bonds. The van der Waals surface area contributed by atoms with E-state index >= 15 is 0 Å². The second-order valence-electron chi connectivity index (χ2n) is 6.00. The van der Waals surface area contributed by atoms with Gasteiger partial charge in [-0.2, -0.15) is 0 Å². The van der Waals surface area contributed by atoms with Gasteiger partial charge in [0.25, 0.3) is 0 Å². The Balaban J connectivity index is 1.87. The van der Waals surface area contributed by atoms with Crippen molar-refractivity contribution in [2.75, 3.05) is 45.0 Å². The van der Waals surface area contributed by atoms with Gasteiger partial charge >= 0.3 is 0 Å². The third kappa shape index (κ3) is 4.15. The fourth-order valence-corrected chi connectivity index (χ4v) is 4.41. The molecule has 0 aromatic rings. The molecule has 0 aromatic heterocycles. The summed E-state index contributed by atoms with van der Waals surface area (Å²) in [5, 5.41) is 3.16. The number of nitrogens with zero attached hydrogens (tertiary/aromatic N) is 2. The molecule has 1 N–H and O–H groups in total. The van der Waals surface area contributed by atoms with Crippen LogP contribution in [0.3, 0.4) is 0 Å². The highest BCUT2D eigenvalue weighted by atomic mass is 32.2. The number of piperidine rings is 1. The summed E-state index contributed by atoms with van der Waals surface area (Å²) in [5.74, 6) is 0.778. The Hall–Kier alpha value is -0.170. The van der Waals surface area contributed by atoms with E-state index in [1.165, 1.54) is 0 Å². The molecule has 0 bridgehead atoms. The molecule has 112 valence electrons. The molecule has 2 rings (SSSR count). The standard InChI is InChI=1S/C13H27N3O2S/c1-12(2)15-7-3-13(4-8-15)11-16-9-5-14-6-10-19(16,17)18/h12-14H,3-11H2,1-2H3. The maximum absolute atomic E-state index is 12.1. The number of hydrogen-bond donors (Lipinski definition) is 1. The highest BCUT2D eigenvalue weighted by Gasteiger charge is 2.28. The van der Waals surface area contributed by atoms with Gasteiger partial charge in [-0.15, -0.1) is 0 Å². The lowest BCUT2D eigenvalue weighted by Crippen LogP contribution is -2.43. The summed E-state index contributed by atoms with van der Waals surface area (Å²) in [5.41, 5.74) is 0. The molecule has 6 heteroatoms. The molecule has 0 unspecified atom stereocenters. The van der Waals surface area contributed by atoms with Crippen molar-refractivity contribution in [3.8, 4) is 0 Å². The highest BCUT2D eigenvalue weighted by Crippen LogP contribution is 2.21. The molecule has 2 aliphatic rings. The highest BCUT2D eigenvalue weighted by molar-refractivity contribution is 7.89. The van der Waals surface area contributed by atoms with Crippen molar-refractivity contribution in [3.63, 3.8) is 0 Å². The summed E-state index contributed by atoms with van der Waals surface area (Å²) in [4.78, 5) is 2.48. The predicted octanol–water partition coefficient (Wildman–Crippen LogP) is 0.342. The maximum Gasteiger partial charge on any atom is 0.215 e. The third-order valence-corrected chi connectivity index (χ3v) is 6.15. The van der Waals surface area contributed by atoms with E-state index in [1.54, 1.807) is 4.31 Å². The van der Waals surface area contributed by atoms with Gasteiger partial charge in [0.2, 0.25) is 10.0 Å². The molecular weight excluding hydrogens is 262 g/mol. The Labute approximate surface area is 117 Å². The third-order valence-electron chi connectivity index (χ3n) is 4.31. The Bertz CT molecular complexity index is 375. The monoisotopic (exact) mass is 289 g/mol. The average Bonchev–Trinajstić information content (AvgIpc) is 2.52. The van der Waals surface area contributed by atoms with E-state index < -0.39 is 10.0 Å². The van der Waals surface area contributed by atoms with Gasteiger partial charge in [0.15, 0.2) is 0 Å². The molecular formula is C13H27N3O2S. The first-order valence-corrected chi connectivity index (χ1v) is 9.02. The maximum atomic E-state index is 12.1. The van der Waals surface area contributed by atoms with Gasteiger partial charge < -0.3 is 10.2 Å². The lowest BCUT2D eigenvalue weighted by Gasteiger charge is -2.36. The van der Waals surface area contributed by atoms with E-state index in [2.05, 4.69) is 24.1 Å². The van der Waals surface area contributed by atoms with Crippen molar-refractivity contribution < 1.29 is 8.42 Å². The summed E-state index contributed by atoms with van der Waals surface area (Å²) in [6.45, 7) is 9.39. The number of nitrogens with one attached hydrogen (secondary N) is 1. The van der Waals surface area contributed by atoms with Crippen molar-refractivity contribution in [1.82, 2.24) is 14.5 Å². The average molecular weight is 289 g/mol. The molecule has 2 aliphatic heterocycles. The molecule has 2 saturated heterocycles. The summed E-state index contributed by atoms with van der Waals surface area (Å²) >= 11 is 0. The molecule has 0 spiro atoms. The Morgan fingerprint density at radius 1 is 1.16 bits per heavy atom. The fourth-order valence-electron chi connectivity index (χ4n) is 2.94. The zero-order chi connectivity index (χ0) is 13.9. The van der Waals surface area contributed by atoms with Crippen molar-refractivity contribution in [2.24, 2.45) is 5.92 Å². The van der Waals surface area contributed by atoms with E-state index in [0.717, 1.165) is 39.0 Å². The summed E-state index contributed by atoms with van der Waals surface area (Å²) < 4.78 is 26.0. The van der Waals surface area contributed by atoms with Gasteiger partial charge in [0, 0.05) is 32.2 Å². The first-order valence-electron chi connectivity index (χ1n) is 7.41. The fraction of sp³-hybridized carbons (Fsp3) is 1.00. The van der Waals surface area contributed by atoms with Gasteiger partial charge in [0.05, 0.1) is 5.75 Å². The van der Waals surface area contributed by atoms with E-state index in [4.69, 9.17) is 0 Å².